The highest BCUT2D eigenvalue weighted by Gasteiger charge is 2.54. The Kier molecular flexibility index (Phi) is 6.38. The maximum atomic E-state index is 12.7. The number of alkyl halides is 1. The van der Waals surface area contributed by atoms with Crippen molar-refractivity contribution < 1.29 is 18.8 Å². The highest BCUT2D eigenvalue weighted by Crippen LogP contribution is 2.41. The average Bonchev–Trinajstić information content (AvgIpc) is 3.09. The first-order chi connectivity index (χ1) is 12.7. The molecular formula is C17H21IN2O4S2Si. The summed E-state index contributed by atoms with van der Waals surface area (Å²) in [7, 11) is -2.08. The molecule has 2 amide bonds. The van der Waals surface area contributed by atoms with Gasteiger partial charge in [0, 0.05) is 15.1 Å². The molecule has 27 heavy (non-hydrogen) atoms. The lowest BCUT2D eigenvalue weighted by molar-refractivity contribution is -0.150. The van der Waals surface area contributed by atoms with Crippen LogP contribution in [0, 0.1) is 0 Å². The maximum absolute atomic E-state index is 12.7. The van der Waals surface area contributed by atoms with E-state index in [-0.39, 0.29) is 23.6 Å². The summed E-state index contributed by atoms with van der Waals surface area (Å²) in [5.74, 6) is -0.171. The molecule has 1 aromatic rings. The minimum Gasteiger partial charge on any atom is -0.515 e. The Bertz CT molecular complexity index is 791. The molecule has 2 atom stereocenters. The Balaban J connectivity index is 1.72. The molecular weight excluding hydrogens is 515 g/mol. The lowest BCUT2D eigenvalue weighted by Gasteiger charge is -2.50. The van der Waals surface area contributed by atoms with Gasteiger partial charge in [-0.15, -0.1) is 23.1 Å². The van der Waals surface area contributed by atoms with Crippen molar-refractivity contribution in [3.8, 4) is 0 Å². The molecule has 0 radical (unpaired) electrons. The zero-order chi connectivity index (χ0) is 19.8. The van der Waals surface area contributed by atoms with Gasteiger partial charge in [0.15, 0.2) is 0 Å². The first-order valence-electron chi connectivity index (χ1n) is 8.49. The summed E-state index contributed by atoms with van der Waals surface area (Å²) < 4.78 is 6.31. The Morgan fingerprint density at radius 1 is 1.41 bits per heavy atom. The highest BCUT2D eigenvalue weighted by atomic mass is 127. The third-order valence-electron chi connectivity index (χ3n) is 4.03. The van der Waals surface area contributed by atoms with Crippen LogP contribution in [0.4, 0.5) is 0 Å². The van der Waals surface area contributed by atoms with Gasteiger partial charge in [0.25, 0.3) is 5.91 Å². The van der Waals surface area contributed by atoms with Gasteiger partial charge in [-0.1, -0.05) is 28.7 Å². The number of rotatable bonds is 6. The molecule has 2 aliphatic heterocycles. The van der Waals surface area contributed by atoms with Gasteiger partial charge in [0.1, 0.15) is 17.1 Å². The molecule has 10 heteroatoms. The van der Waals surface area contributed by atoms with Crippen LogP contribution in [0.2, 0.25) is 19.6 Å². The van der Waals surface area contributed by atoms with Crippen LogP contribution in [0.25, 0.3) is 0 Å². The lowest BCUT2D eigenvalue weighted by Crippen LogP contribution is -2.70. The smallest absolute Gasteiger partial charge is 0.341 e. The average molecular weight is 536 g/mol. The first kappa shape index (κ1) is 20.9. The van der Waals surface area contributed by atoms with E-state index in [0.717, 1.165) is 10.5 Å². The number of hydrogen-bond donors (Lipinski definition) is 1. The Labute approximate surface area is 181 Å². The third kappa shape index (κ3) is 4.60. The molecule has 0 unspecified atom stereocenters. The molecule has 1 N–H and O–H groups in total. The van der Waals surface area contributed by atoms with Crippen LogP contribution in [0.1, 0.15) is 4.88 Å². The second-order valence-corrected chi connectivity index (χ2v) is 14.6. The molecule has 146 valence electrons. The second-order valence-electron chi connectivity index (χ2n) is 7.30. The number of carbonyl (C=O) groups excluding carboxylic acids is 3. The van der Waals surface area contributed by atoms with E-state index in [1.54, 1.807) is 11.8 Å². The predicted octanol–water partition coefficient (Wildman–Crippen LogP) is 2.76. The number of hydrogen-bond acceptors (Lipinski definition) is 6. The molecule has 0 aromatic carbocycles. The molecule has 0 aliphatic carbocycles. The van der Waals surface area contributed by atoms with E-state index in [0.29, 0.717) is 15.9 Å². The predicted molar refractivity (Wildman–Crippen MR) is 118 cm³/mol. The van der Waals surface area contributed by atoms with Crippen molar-refractivity contribution in [2.24, 2.45) is 0 Å². The topological polar surface area (TPSA) is 75.7 Å². The van der Waals surface area contributed by atoms with Gasteiger partial charge >= 0.3 is 5.97 Å². The summed E-state index contributed by atoms with van der Waals surface area (Å²) in [6.45, 7) is 5.82. The largest absolute Gasteiger partial charge is 0.515 e. The van der Waals surface area contributed by atoms with Gasteiger partial charge in [0.05, 0.1) is 6.42 Å². The highest BCUT2D eigenvalue weighted by molar-refractivity contribution is 14.1. The summed E-state index contributed by atoms with van der Waals surface area (Å²) in [5, 5.41) is 4.50. The van der Waals surface area contributed by atoms with Gasteiger partial charge in [-0.3, -0.25) is 14.5 Å². The van der Waals surface area contributed by atoms with Crippen LogP contribution in [0.5, 0.6) is 0 Å². The molecule has 1 saturated heterocycles. The van der Waals surface area contributed by atoms with Gasteiger partial charge in [-0.05, 0) is 36.7 Å². The number of thiophene rings is 1. The van der Waals surface area contributed by atoms with E-state index in [1.165, 1.54) is 16.2 Å². The van der Waals surface area contributed by atoms with Gasteiger partial charge in [-0.25, -0.2) is 4.79 Å². The number of nitrogens with zero attached hydrogens (tertiary/aromatic N) is 1. The summed E-state index contributed by atoms with van der Waals surface area (Å²) in [6, 6.07) is 3.20. The zero-order valence-electron chi connectivity index (χ0n) is 15.3. The third-order valence-corrected chi connectivity index (χ3v) is 7.97. The van der Waals surface area contributed by atoms with Crippen molar-refractivity contribution in [1.82, 2.24) is 10.2 Å². The monoisotopic (exact) mass is 536 g/mol. The number of halogens is 1. The number of nitrogens with one attached hydrogen (secondary N) is 1. The minimum absolute atomic E-state index is 0.175. The van der Waals surface area contributed by atoms with Crippen molar-refractivity contribution in [3.63, 3.8) is 0 Å². The number of fused-ring (bicyclic) bond motifs is 1. The number of amides is 2. The fourth-order valence-corrected chi connectivity index (χ4v) is 6.60. The molecule has 0 bridgehead atoms. The van der Waals surface area contributed by atoms with E-state index < -0.39 is 20.3 Å². The van der Waals surface area contributed by atoms with E-state index in [2.05, 4.69) is 27.9 Å². The molecule has 0 spiro atoms. The molecule has 3 rings (SSSR count). The fourth-order valence-electron chi connectivity index (χ4n) is 2.90. The van der Waals surface area contributed by atoms with Crippen molar-refractivity contribution in [2.75, 3.05) is 10.2 Å². The van der Waals surface area contributed by atoms with E-state index >= 15 is 0 Å². The second kappa shape index (κ2) is 8.25. The molecule has 1 fully saturated rings. The standard InChI is InChI=1S/C17H21IN2O4S2Si/c1-27(2,3)24-17(23)14-10(8-18)9-26-16-13(15(22)20(14)16)19-12(21)7-11-5-4-6-25-11/h4-6,13,16H,7-9H2,1-3H3,(H,19,21)/t13-,16-/m1/s1. The quantitative estimate of drug-likeness (QED) is 0.262. The van der Waals surface area contributed by atoms with Gasteiger partial charge < -0.3 is 9.74 Å². The normalized spacial score (nSPS) is 22.2. The molecule has 6 nitrogen and oxygen atoms in total. The van der Waals surface area contributed by atoms with Crippen molar-refractivity contribution in [2.45, 2.75) is 37.5 Å². The van der Waals surface area contributed by atoms with Crippen LogP contribution >= 0.6 is 45.7 Å². The Morgan fingerprint density at radius 2 is 2.15 bits per heavy atom. The van der Waals surface area contributed by atoms with E-state index in [1.807, 2.05) is 37.2 Å². The van der Waals surface area contributed by atoms with Crippen LogP contribution in [-0.2, 0) is 25.2 Å². The number of thioether (sulfide) groups is 1. The molecule has 2 aliphatic rings. The minimum atomic E-state index is -2.08. The first-order valence-corrected chi connectivity index (χ1v) is 15.3. The van der Waals surface area contributed by atoms with Gasteiger partial charge in [0.2, 0.25) is 14.2 Å². The van der Waals surface area contributed by atoms with E-state index in [4.69, 9.17) is 4.43 Å². The zero-order valence-corrected chi connectivity index (χ0v) is 20.1. The molecule has 1 aromatic heterocycles. The Hall–Kier alpha value is -0.853. The van der Waals surface area contributed by atoms with Crippen molar-refractivity contribution in [1.29, 1.82) is 0 Å². The van der Waals surface area contributed by atoms with Crippen LogP contribution < -0.4 is 5.32 Å². The summed E-state index contributed by atoms with van der Waals surface area (Å²) in [6.07, 6.45) is 0.262. The van der Waals surface area contributed by atoms with Crippen LogP contribution in [0.15, 0.2) is 28.8 Å². The number of carbonyl (C=O) groups is 3. The van der Waals surface area contributed by atoms with Crippen molar-refractivity contribution in [3.05, 3.63) is 33.7 Å². The SMILES string of the molecule is C[Si](C)(C)OC(=O)C1=C(CI)CS[C@@H]2[C@H](NC(=O)Cc3cccs3)C(=O)N12. The summed E-state index contributed by atoms with van der Waals surface area (Å²) in [4.78, 5) is 40.2. The number of β-lactam (4-membered cyclic amide) rings is 1. The Morgan fingerprint density at radius 3 is 2.74 bits per heavy atom. The van der Waals surface area contributed by atoms with Crippen molar-refractivity contribution >= 4 is 71.8 Å². The summed E-state index contributed by atoms with van der Waals surface area (Å²) in [5.41, 5.74) is 1.29. The fraction of sp³-hybridized carbons (Fsp3) is 0.471. The van der Waals surface area contributed by atoms with Crippen LogP contribution in [0.3, 0.4) is 0 Å². The van der Waals surface area contributed by atoms with E-state index in [9.17, 15) is 14.4 Å². The maximum Gasteiger partial charge on any atom is 0.341 e. The molecule has 3 heterocycles. The molecule has 0 saturated carbocycles. The lowest BCUT2D eigenvalue weighted by atomic mass is 10.0. The van der Waals surface area contributed by atoms with Gasteiger partial charge in [-0.2, -0.15) is 0 Å². The summed E-state index contributed by atoms with van der Waals surface area (Å²) >= 11 is 5.30. The van der Waals surface area contributed by atoms with Crippen LogP contribution in [-0.4, -0.2) is 52.6 Å².